The summed E-state index contributed by atoms with van der Waals surface area (Å²) in [4.78, 5) is 28.6. The quantitative estimate of drug-likeness (QED) is 0.287. The number of rotatable bonds is 11. The van der Waals surface area contributed by atoms with Gasteiger partial charge in [-0.2, -0.15) is 0 Å². The Kier molecular flexibility index (Phi) is 11.2. The highest BCUT2D eigenvalue weighted by Crippen LogP contribution is 2.18. The largest absolute Gasteiger partial charge is 0.390 e. The minimum Gasteiger partial charge on any atom is -0.390 e. The summed E-state index contributed by atoms with van der Waals surface area (Å²) in [7, 11) is 0. The second kappa shape index (κ2) is 15.0. The molecule has 1 fully saturated rings. The SMILES string of the molecule is CCc1cccc(CNCC(O)C(Cc2cc(F)cc(F)c2)NC(=O)c2cc(C)cc(C(=O)N3CCCCCC3)c2)c1. The molecule has 42 heavy (non-hydrogen) atoms. The number of aliphatic hydroxyl groups excluding tert-OH is 1. The van der Waals surface area contributed by atoms with Crippen LogP contribution in [0.2, 0.25) is 0 Å². The maximum atomic E-state index is 14.0. The van der Waals surface area contributed by atoms with Gasteiger partial charge in [0.25, 0.3) is 11.8 Å². The van der Waals surface area contributed by atoms with E-state index in [9.17, 15) is 23.5 Å². The zero-order valence-electron chi connectivity index (χ0n) is 24.5. The highest BCUT2D eigenvalue weighted by molar-refractivity contribution is 6.00. The molecule has 2 atom stereocenters. The third-order valence-electron chi connectivity index (χ3n) is 7.72. The van der Waals surface area contributed by atoms with Gasteiger partial charge in [-0.25, -0.2) is 8.78 Å². The average molecular weight is 578 g/mol. The number of hydrogen-bond donors (Lipinski definition) is 3. The molecule has 3 aromatic rings. The van der Waals surface area contributed by atoms with Crippen LogP contribution in [0.3, 0.4) is 0 Å². The highest BCUT2D eigenvalue weighted by Gasteiger charge is 2.25. The Morgan fingerprint density at radius 1 is 0.881 bits per heavy atom. The number of carbonyl (C=O) groups excluding carboxylic acids is 2. The van der Waals surface area contributed by atoms with Crippen molar-refractivity contribution >= 4 is 11.8 Å². The maximum absolute atomic E-state index is 14.0. The van der Waals surface area contributed by atoms with Crippen LogP contribution >= 0.6 is 0 Å². The second-order valence-corrected chi connectivity index (χ2v) is 11.2. The Labute approximate surface area is 247 Å². The standard InChI is InChI=1S/C34H41F2N3O3/c1-3-24-9-8-10-25(15-24)21-37-22-32(40)31(18-26-16-29(35)20-30(36)17-26)38-33(41)27-13-23(2)14-28(19-27)34(42)39-11-6-4-5-7-12-39/h8-10,13-17,19-20,31-32,37,40H,3-7,11-12,18,21-22H2,1-2H3,(H,38,41). The fourth-order valence-corrected chi connectivity index (χ4v) is 5.48. The van der Waals surface area contributed by atoms with E-state index in [1.54, 1.807) is 18.2 Å². The first kappa shape index (κ1) is 31.3. The van der Waals surface area contributed by atoms with Crippen molar-refractivity contribution in [2.75, 3.05) is 19.6 Å². The lowest BCUT2D eigenvalue weighted by atomic mass is 9.99. The number of aliphatic hydroxyl groups is 1. The number of halogens is 2. The Bertz CT molecular complexity index is 1350. The first-order valence-electron chi connectivity index (χ1n) is 14.8. The molecule has 1 saturated heterocycles. The number of likely N-dealkylation sites (tertiary alicyclic amines) is 1. The summed E-state index contributed by atoms with van der Waals surface area (Å²) in [6.07, 6.45) is 4.00. The number of nitrogens with one attached hydrogen (secondary N) is 2. The van der Waals surface area contributed by atoms with Gasteiger partial charge in [-0.3, -0.25) is 9.59 Å². The fourth-order valence-electron chi connectivity index (χ4n) is 5.48. The van der Waals surface area contributed by atoms with Crippen LogP contribution in [-0.2, 0) is 19.4 Å². The highest BCUT2D eigenvalue weighted by atomic mass is 19.1. The number of carbonyl (C=O) groups is 2. The molecule has 1 heterocycles. The van der Waals surface area contributed by atoms with Crippen molar-refractivity contribution in [3.63, 3.8) is 0 Å². The van der Waals surface area contributed by atoms with E-state index < -0.39 is 29.7 Å². The third-order valence-corrected chi connectivity index (χ3v) is 7.72. The zero-order chi connectivity index (χ0) is 30.1. The van der Waals surface area contributed by atoms with E-state index in [0.717, 1.165) is 49.3 Å². The molecule has 0 bridgehead atoms. The lowest BCUT2D eigenvalue weighted by molar-refractivity contribution is 0.0761. The van der Waals surface area contributed by atoms with Gasteiger partial charge in [0.05, 0.1) is 12.1 Å². The summed E-state index contributed by atoms with van der Waals surface area (Å²) in [5.41, 5.74) is 4.09. The molecule has 0 saturated carbocycles. The molecule has 0 spiro atoms. The van der Waals surface area contributed by atoms with Crippen molar-refractivity contribution in [2.24, 2.45) is 0 Å². The molecule has 0 radical (unpaired) electrons. The summed E-state index contributed by atoms with van der Waals surface area (Å²) >= 11 is 0. The van der Waals surface area contributed by atoms with Gasteiger partial charge in [-0.15, -0.1) is 0 Å². The number of nitrogens with zero attached hydrogens (tertiary/aromatic N) is 1. The van der Waals surface area contributed by atoms with Crippen LogP contribution in [0.25, 0.3) is 0 Å². The summed E-state index contributed by atoms with van der Waals surface area (Å²) in [6, 6.07) is 15.5. The van der Waals surface area contributed by atoms with E-state index in [1.807, 2.05) is 24.0 Å². The molecule has 0 aromatic heterocycles. The minimum atomic E-state index is -1.06. The topological polar surface area (TPSA) is 81.7 Å². The molecule has 2 amide bonds. The summed E-state index contributed by atoms with van der Waals surface area (Å²) in [6.45, 7) is 5.97. The monoisotopic (exact) mass is 577 g/mol. The van der Waals surface area contributed by atoms with Crippen LogP contribution in [0.4, 0.5) is 8.78 Å². The van der Waals surface area contributed by atoms with Crippen LogP contribution < -0.4 is 10.6 Å². The van der Waals surface area contributed by atoms with Crippen molar-refractivity contribution < 1.29 is 23.5 Å². The van der Waals surface area contributed by atoms with E-state index >= 15 is 0 Å². The van der Waals surface area contributed by atoms with Crippen LogP contribution in [0.5, 0.6) is 0 Å². The normalized spacial score (nSPS) is 15.1. The molecule has 1 aliphatic rings. The zero-order valence-corrected chi connectivity index (χ0v) is 24.5. The van der Waals surface area contributed by atoms with Gasteiger partial charge in [-0.1, -0.05) is 44.0 Å². The first-order valence-corrected chi connectivity index (χ1v) is 14.8. The molecule has 3 N–H and O–H groups in total. The summed E-state index contributed by atoms with van der Waals surface area (Å²) < 4.78 is 27.9. The minimum absolute atomic E-state index is 0.0139. The molecule has 2 unspecified atom stereocenters. The Hall–Kier alpha value is -3.62. The fraction of sp³-hybridized carbons (Fsp3) is 0.412. The Morgan fingerprint density at radius 2 is 1.55 bits per heavy atom. The molecule has 8 heteroatoms. The van der Waals surface area contributed by atoms with Crippen molar-refractivity contribution in [1.29, 1.82) is 0 Å². The predicted molar refractivity (Wildman–Crippen MR) is 160 cm³/mol. The van der Waals surface area contributed by atoms with Gasteiger partial charge < -0.3 is 20.6 Å². The van der Waals surface area contributed by atoms with E-state index in [-0.39, 0.29) is 18.9 Å². The molecule has 224 valence electrons. The summed E-state index contributed by atoms with van der Waals surface area (Å²) in [5.74, 6) is -2.03. The Balaban J connectivity index is 1.50. The smallest absolute Gasteiger partial charge is 0.253 e. The molecule has 6 nitrogen and oxygen atoms in total. The molecule has 3 aromatic carbocycles. The van der Waals surface area contributed by atoms with Gasteiger partial charge in [0.1, 0.15) is 11.6 Å². The van der Waals surface area contributed by atoms with Gasteiger partial charge in [-0.05, 0) is 85.2 Å². The Morgan fingerprint density at radius 3 is 2.24 bits per heavy atom. The number of hydrogen-bond acceptors (Lipinski definition) is 4. The van der Waals surface area contributed by atoms with E-state index in [2.05, 4.69) is 29.7 Å². The van der Waals surface area contributed by atoms with Gasteiger partial charge >= 0.3 is 0 Å². The molecule has 4 rings (SSSR count). The first-order chi connectivity index (χ1) is 20.2. The van der Waals surface area contributed by atoms with Crippen LogP contribution in [0, 0.1) is 18.6 Å². The van der Waals surface area contributed by atoms with Gasteiger partial charge in [0.15, 0.2) is 0 Å². The van der Waals surface area contributed by atoms with Crippen LogP contribution in [0.1, 0.15) is 75.6 Å². The lowest BCUT2D eigenvalue weighted by Crippen LogP contribution is -2.48. The predicted octanol–water partition coefficient (Wildman–Crippen LogP) is 5.34. The van der Waals surface area contributed by atoms with Crippen molar-refractivity contribution in [3.8, 4) is 0 Å². The number of amides is 2. The van der Waals surface area contributed by atoms with Gasteiger partial charge in [0, 0.05) is 43.4 Å². The number of benzene rings is 3. The van der Waals surface area contributed by atoms with Crippen LogP contribution in [0.15, 0.2) is 60.7 Å². The number of aryl methyl sites for hydroxylation is 2. The second-order valence-electron chi connectivity index (χ2n) is 11.2. The molecule has 1 aliphatic heterocycles. The van der Waals surface area contributed by atoms with Crippen molar-refractivity contribution in [3.05, 3.63) is 106 Å². The average Bonchev–Trinajstić information content (AvgIpc) is 3.25. The van der Waals surface area contributed by atoms with Crippen LogP contribution in [-0.4, -0.2) is 53.6 Å². The maximum Gasteiger partial charge on any atom is 0.253 e. The molecular weight excluding hydrogens is 536 g/mol. The lowest BCUT2D eigenvalue weighted by Gasteiger charge is -2.25. The molecular formula is C34H41F2N3O3. The van der Waals surface area contributed by atoms with Gasteiger partial charge in [0.2, 0.25) is 0 Å². The third kappa shape index (κ3) is 8.94. The van der Waals surface area contributed by atoms with E-state index in [4.69, 9.17) is 0 Å². The summed E-state index contributed by atoms with van der Waals surface area (Å²) in [5, 5.41) is 17.3. The van der Waals surface area contributed by atoms with E-state index in [0.29, 0.717) is 36.3 Å². The molecule has 0 aliphatic carbocycles. The van der Waals surface area contributed by atoms with Crippen molar-refractivity contribution in [1.82, 2.24) is 15.5 Å². The van der Waals surface area contributed by atoms with E-state index in [1.165, 1.54) is 17.7 Å². The van der Waals surface area contributed by atoms with Crippen molar-refractivity contribution in [2.45, 2.75) is 71.1 Å².